The number of ether oxygens (including phenoxy) is 2. The number of amides is 2. The molecule has 0 fully saturated rings. The van der Waals surface area contributed by atoms with Crippen molar-refractivity contribution in [2.24, 2.45) is 0 Å². The highest BCUT2D eigenvalue weighted by Crippen LogP contribution is 2.23. The van der Waals surface area contributed by atoms with Crippen LogP contribution < -0.4 is 15.4 Å². The number of carbonyl (C=O) groups is 3. The van der Waals surface area contributed by atoms with E-state index in [-0.39, 0.29) is 13.2 Å². The molecular weight excluding hydrogens is 396 g/mol. The van der Waals surface area contributed by atoms with E-state index < -0.39 is 24.4 Å². The van der Waals surface area contributed by atoms with Crippen molar-refractivity contribution in [1.29, 1.82) is 0 Å². The molecular formula is C21H23ClN2O5. The molecule has 0 atom stereocenters. The smallest absolute Gasteiger partial charge is 0.344 e. The van der Waals surface area contributed by atoms with Gasteiger partial charge in [-0.3, -0.25) is 9.59 Å². The van der Waals surface area contributed by atoms with Gasteiger partial charge in [-0.25, -0.2) is 4.79 Å². The van der Waals surface area contributed by atoms with Crippen LogP contribution in [0.5, 0.6) is 5.75 Å². The molecule has 7 nitrogen and oxygen atoms in total. The van der Waals surface area contributed by atoms with Crippen LogP contribution in [-0.4, -0.2) is 37.5 Å². The summed E-state index contributed by atoms with van der Waals surface area (Å²) in [6.45, 7) is 4.44. The Kier molecular flexibility index (Phi) is 8.03. The first-order chi connectivity index (χ1) is 13.8. The van der Waals surface area contributed by atoms with Crippen molar-refractivity contribution < 1.29 is 23.9 Å². The molecule has 0 radical (unpaired) electrons. The monoisotopic (exact) mass is 418 g/mol. The average molecular weight is 419 g/mol. The molecule has 2 amide bonds. The number of carbonyl (C=O) groups excluding carboxylic acids is 3. The van der Waals surface area contributed by atoms with Crippen molar-refractivity contribution in [3.63, 3.8) is 0 Å². The number of halogens is 1. The predicted molar refractivity (Wildman–Crippen MR) is 110 cm³/mol. The first-order valence-electron chi connectivity index (χ1n) is 8.94. The van der Waals surface area contributed by atoms with Gasteiger partial charge in [-0.2, -0.15) is 0 Å². The largest absolute Gasteiger partial charge is 0.481 e. The second kappa shape index (κ2) is 10.5. The molecule has 0 aliphatic heterocycles. The molecule has 154 valence electrons. The lowest BCUT2D eigenvalue weighted by Crippen LogP contribution is -2.36. The van der Waals surface area contributed by atoms with E-state index in [9.17, 15) is 14.4 Å². The summed E-state index contributed by atoms with van der Waals surface area (Å²) in [5.74, 6) is -1.08. The Bertz CT molecular complexity index is 894. The zero-order valence-electron chi connectivity index (χ0n) is 16.5. The van der Waals surface area contributed by atoms with Gasteiger partial charge in [0.25, 0.3) is 5.91 Å². The summed E-state index contributed by atoms with van der Waals surface area (Å²) in [5, 5.41) is 5.57. The van der Waals surface area contributed by atoms with Crippen LogP contribution in [0.2, 0.25) is 5.02 Å². The first kappa shape index (κ1) is 22.2. The number of esters is 1. The third-order valence-electron chi connectivity index (χ3n) is 4.10. The van der Waals surface area contributed by atoms with E-state index in [1.54, 1.807) is 25.1 Å². The molecule has 2 aromatic carbocycles. The van der Waals surface area contributed by atoms with Gasteiger partial charge in [0.1, 0.15) is 5.75 Å². The van der Waals surface area contributed by atoms with Gasteiger partial charge in [0.2, 0.25) is 5.91 Å². The fraction of sp³-hybridized carbons (Fsp3) is 0.286. The van der Waals surface area contributed by atoms with E-state index in [2.05, 4.69) is 10.6 Å². The Morgan fingerprint density at radius 2 is 1.59 bits per heavy atom. The van der Waals surface area contributed by atoms with Gasteiger partial charge in [0.05, 0.1) is 6.54 Å². The third-order valence-corrected chi connectivity index (χ3v) is 4.50. The third kappa shape index (κ3) is 6.80. The molecule has 29 heavy (non-hydrogen) atoms. The lowest BCUT2D eigenvalue weighted by molar-refractivity contribution is -0.150. The van der Waals surface area contributed by atoms with E-state index in [1.807, 2.05) is 32.0 Å². The topological polar surface area (TPSA) is 93.7 Å². The molecule has 0 aliphatic rings. The molecule has 0 bridgehead atoms. The summed E-state index contributed by atoms with van der Waals surface area (Å²) in [5.41, 5.74) is 3.09. The van der Waals surface area contributed by atoms with Crippen molar-refractivity contribution >= 4 is 35.1 Å². The van der Waals surface area contributed by atoms with Crippen LogP contribution in [0.1, 0.15) is 16.7 Å². The number of benzene rings is 2. The minimum absolute atomic E-state index is 0.263. The Morgan fingerprint density at radius 1 is 0.931 bits per heavy atom. The number of rotatable bonds is 8. The lowest BCUT2D eigenvalue weighted by Gasteiger charge is -2.12. The van der Waals surface area contributed by atoms with Gasteiger partial charge >= 0.3 is 5.97 Å². The van der Waals surface area contributed by atoms with Gasteiger partial charge in [-0.05, 0) is 49.6 Å². The van der Waals surface area contributed by atoms with E-state index in [0.29, 0.717) is 16.5 Å². The van der Waals surface area contributed by atoms with Crippen LogP contribution >= 0.6 is 11.6 Å². The van der Waals surface area contributed by atoms with Crippen LogP contribution in [0.4, 0.5) is 5.69 Å². The molecule has 0 saturated heterocycles. The second-order valence-corrected chi connectivity index (χ2v) is 6.81. The molecule has 2 N–H and O–H groups in total. The van der Waals surface area contributed by atoms with Gasteiger partial charge < -0.3 is 20.1 Å². The fourth-order valence-electron chi connectivity index (χ4n) is 2.51. The number of para-hydroxylation sites is 1. The van der Waals surface area contributed by atoms with Crippen molar-refractivity contribution in [2.45, 2.75) is 20.8 Å². The van der Waals surface area contributed by atoms with E-state index in [4.69, 9.17) is 21.1 Å². The molecule has 0 spiro atoms. The van der Waals surface area contributed by atoms with Crippen LogP contribution in [0.25, 0.3) is 0 Å². The molecule has 2 rings (SSSR count). The van der Waals surface area contributed by atoms with Crippen LogP contribution in [0.15, 0.2) is 36.4 Å². The maximum Gasteiger partial charge on any atom is 0.344 e. The van der Waals surface area contributed by atoms with Crippen molar-refractivity contribution in [3.8, 4) is 5.75 Å². The molecule has 8 heteroatoms. The van der Waals surface area contributed by atoms with Crippen LogP contribution in [0, 0.1) is 20.8 Å². The van der Waals surface area contributed by atoms with Crippen molar-refractivity contribution in [3.05, 3.63) is 58.1 Å². The zero-order chi connectivity index (χ0) is 21.4. The first-order valence-corrected chi connectivity index (χ1v) is 9.32. The fourth-order valence-corrected chi connectivity index (χ4v) is 2.69. The lowest BCUT2D eigenvalue weighted by atomic mass is 10.1. The highest BCUT2D eigenvalue weighted by atomic mass is 35.5. The Morgan fingerprint density at radius 3 is 2.28 bits per heavy atom. The van der Waals surface area contributed by atoms with E-state index in [0.717, 1.165) is 16.7 Å². The SMILES string of the molecule is Cc1cccc(C)c1OCC(=O)OCC(=O)NCC(=O)Nc1cccc(Cl)c1C. The summed E-state index contributed by atoms with van der Waals surface area (Å²) in [6.07, 6.45) is 0. The summed E-state index contributed by atoms with van der Waals surface area (Å²) >= 11 is 6.00. The van der Waals surface area contributed by atoms with Crippen molar-refractivity contribution in [2.75, 3.05) is 25.1 Å². The normalized spacial score (nSPS) is 10.2. The number of hydrogen-bond donors (Lipinski definition) is 2. The summed E-state index contributed by atoms with van der Waals surface area (Å²) in [6, 6.07) is 10.8. The van der Waals surface area contributed by atoms with Gasteiger partial charge in [0.15, 0.2) is 13.2 Å². The van der Waals surface area contributed by atoms with Gasteiger partial charge in [-0.1, -0.05) is 35.9 Å². The minimum atomic E-state index is -0.679. The Labute approximate surface area is 174 Å². The molecule has 0 heterocycles. The Balaban J connectivity index is 1.70. The number of hydrogen-bond acceptors (Lipinski definition) is 5. The van der Waals surface area contributed by atoms with Crippen LogP contribution in [0.3, 0.4) is 0 Å². The minimum Gasteiger partial charge on any atom is -0.481 e. The highest BCUT2D eigenvalue weighted by Gasteiger charge is 2.12. The molecule has 2 aromatic rings. The maximum atomic E-state index is 11.9. The quantitative estimate of drug-likeness (QED) is 0.643. The standard InChI is InChI=1S/C21H23ClN2O5/c1-13-6-4-7-14(2)21(13)29-12-20(27)28-11-19(26)23-10-18(25)24-17-9-5-8-16(22)15(17)3/h4-9H,10-12H2,1-3H3,(H,23,26)(H,24,25). The number of aryl methyl sites for hydroxylation is 2. The number of nitrogens with one attached hydrogen (secondary N) is 2. The van der Waals surface area contributed by atoms with Crippen molar-refractivity contribution in [1.82, 2.24) is 5.32 Å². The van der Waals surface area contributed by atoms with Crippen LogP contribution in [-0.2, 0) is 19.1 Å². The molecule has 0 aromatic heterocycles. The average Bonchev–Trinajstić information content (AvgIpc) is 2.68. The summed E-state index contributed by atoms with van der Waals surface area (Å²) in [4.78, 5) is 35.5. The van der Waals surface area contributed by atoms with Gasteiger partial charge in [0, 0.05) is 10.7 Å². The summed E-state index contributed by atoms with van der Waals surface area (Å²) < 4.78 is 10.3. The van der Waals surface area contributed by atoms with Gasteiger partial charge in [-0.15, -0.1) is 0 Å². The second-order valence-electron chi connectivity index (χ2n) is 6.41. The maximum absolute atomic E-state index is 11.9. The molecule has 0 saturated carbocycles. The Hall–Kier alpha value is -3.06. The predicted octanol–water partition coefficient (Wildman–Crippen LogP) is 2.94. The molecule has 0 aliphatic carbocycles. The van der Waals surface area contributed by atoms with E-state index in [1.165, 1.54) is 0 Å². The zero-order valence-corrected chi connectivity index (χ0v) is 17.3. The highest BCUT2D eigenvalue weighted by molar-refractivity contribution is 6.31. The summed E-state index contributed by atoms with van der Waals surface area (Å²) in [7, 11) is 0. The van der Waals surface area contributed by atoms with E-state index >= 15 is 0 Å². The molecule has 0 unspecified atom stereocenters. The number of anilines is 1.